The molecule has 1 rings (SSSR count). The molecular formula is C7H2BCl5F3O-. The van der Waals surface area contributed by atoms with Crippen molar-refractivity contribution in [2.24, 2.45) is 0 Å². The van der Waals surface area contributed by atoms with Crippen LogP contribution in [0.25, 0.3) is 0 Å². The van der Waals surface area contributed by atoms with Crippen LogP contribution in [0.3, 0.4) is 0 Å². The molecule has 1 nitrogen and oxygen atoms in total. The number of hydrogen-bond donors (Lipinski definition) is 0. The lowest BCUT2D eigenvalue weighted by Crippen LogP contribution is -2.26. The van der Waals surface area contributed by atoms with E-state index in [9.17, 15) is 12.9 Å². The third-order valence-electron chi connectivity index (χ3n) is 1.59. The summed E-state index contributed by atoms with van der Waals surface area (Å²) >= 11 is 28.3. The molecule has 0 unspecified atom stereocenters. The van der Waals surface area contributed by atoms with Gasteiger partial charge in [-0.25, -0.2) is 0 Å². The molecule has 1 aromatic rings. The molecule has 0 aliphatic heterocycles. The van der Waals surface area contributed by atoms with Crippen molar-refractivity contribution in [1.82, 2.24) is 0 Å². The van der Waals surface area contributed by atoms with Crippen molar-refractivity contribution in [3.63, 3.8) is 0 Å². The van der Waals surface area contributed by atoms with Gasteiger partial charge in [-0.3, -0.25) is 0 Å². The van der Waals surface area contributed by atoms with Crippen LogP contribution in [0.4, 0.5) is 12.9 Å². The van der Waals surface area contributed by atoms with Crippen molar-refractivity contribution >= 4 is 65.0 Å². The maximum absolute atomic E-state index is 12.0. The molecule has 1 aromatic carbocycles. The maximum atomic E-state index is 12.0. The van der Waals surface area contributed by atoms with Crippen LogP contribution >= 0.6 is 58.0 Å². The van der Waals surface area contributed by atoms with Crippen LogP contribution in [0, 0.1) is 0 Å². The van der Waals surface area contributed by atoms with Gasteiger partial charge in [-0.05, 0) is 0 Å². The fourth-order valence-corrected chi connectivity index (χ4v) is 2.12. The number of ether oxygens (including phenoxy) is 1. The first-order valence-electron chi connectivity index (χ1n) is 4.00. The van der Waals surface area contributed by atoms with Crippen molar-refractivity contribution in [3.05, 3.63) is 25.1 Å². The summed E-state index contributed by atoms with van der Waals surface area (Å²) in [6, 6.07) is 0. The molecule has 0 spiro atoms. The normalized spacial score (nSPS) is 11.8. The Labute approximate surface area is 120 Å². The standard InChI is InChI=1S/C7H2BCl5F3O/c9-2-3(10)5(12)7(6(13)4(2)11)17-1-8(14,15)16/h1H2/q-1. The van der Waals surface area contributed by atoms with Crippen LogP contribution in [0.15, 0.2) is 0 Å². The predicted molar refractivity (Wildman–Crippen MR) is 66.1 cm³/mol. The topological polar surface area (TPSA) is 9.23 Å². The van der Waals surface area contributed by atoms with Crippen LogP contribution < -0.4 is 4.74 Å². The minimum Gasteiger partial charge on any atom is -0.519 e. The first-order chi connectivity index (χ1) is 7.65. The molecule has 0 aromatic heterocycles. The van der Waals surface area contributed by atoms with E-state index in [0.717, 1.165) is 0 Å². The Hall–Kier alpha value is 0.325. The lowest BCUT2D eigenvalue weighted by molar-refractivity contribution is 0.313. The summed E-state index contributed by atoms with van der Waals surface area (Å²) in [6.07, 6.45) is 0. The zero-order valence-electron chi connectivity index (χ0n) is 7.72. The van der Waals surface area contributed by atoms with Crippen LogP contribution in [0.5, 0.6) is 5.75 Å². The van der Waals surface area contributed by atoms with Crippen molar-refractivity contribution in [2.75, 3.05) is 6.51 Å². The summed E-state index contributed by atoms with van der Waals surface area (Å²) < 4.78 is 40.6. The van der Waals surface area contributed by atoms with Crippen LogP contribution in [-0.4, -0.2) is 13.5 Å². The van der Waals surface area contributed by atoms with E-state index in [1.165, 1.54) is 0 Å². The lowest BCUT2D eigenvalue weighted by atomic mass is 9.95. The van der Waals surface area contributed by atoms with Gasteiger partial charge in [0.2, 0.25) is 0 Å². The van der Waals surface area contributed by atoms with Crippen molar-refractivity contribution in [3.8, 4) is 5.75 Å². The monoisotopic (exact) mass is 345 g/mol. The number of hydrogen-bond acceptors (Lipinski definition) is 1. The van der Waals surface area contributed by atoms with Gasteiger partial charge in [0.1, 0.15) is 10.0 Å². The molecule has 0 N–H and O–H groups in total. The van der Waals surface area contributed by atoms with E-state index >= 15 is 0 Å². The molecule has 0 radical (unpaired) electrons. The van der Waals surface area contributed by atoms with Crippen molar-refractivity contribution < 1.29 is 17.7 Å². The Morgan fingerprint density at radius 3 is 1.47 bits per heavy atom. The van der Waals surface area contributed by atoms with Gasteiger partial charge in [-0.2, -0.15) is 0 Å². The highest BCUT2D eigenvalue weighted by Crippen LogP contribution is 2.48. The van der Waals surface area contributed by atoms with Crippen LogP contribution in [-0.2, 0) is 0 Å². The third-order valence-corrected chi connectivity index (χ3v) is 3.83. The molecule has 0 bridgehead atoms. The summed E-state index contributed by atoms with van der Waals surface area (Å²) in [7, 11) is 0. The largest absolute Gasteiger partial charge is 0.519 e. The van der Waals surface area contributed by atoms with Crippen LogP contribution in [0.1, 0.15) is 0 Å². The minimum atomic E-state index is -5.15. The van der Waals surface area contributed by atoms with Gasteiger partial charge in [-0.15, -0.1) is 0 Å². The van der Waals surface area contributed by atoms with Gasteiger partial charge in [0, 0.05) is 0 Å². The van der Waals surface area contributed by atoms with E-state index in [1.54, 1.807) is 0 Å². The molecule has 0 saturated carbocycles. The fourth-order valence-electron chi connectivity index (χ4n) is 0.889. The fraction of sp³-hybridized carbons (Fsp3) is 0.143. The summed E-state index contributed by atoms with van der Waals surface area (Å²) in [5, 5.41) is -1.20. The van der Waals surface area contributed by atoms with Crippen molar-refractivity contribution in [2.45, 2.75) is 0 Å². The molecule has 96 valence electrons. The number of halogens is 8. The van der Waals surface area contributed by atoms with Gasteiger partial charge in [-0.1, -0.05) is 58.0 Å². The highest BCUT2D eigenvalue weighted by atomic mass is 35.5. The Morgan fingerprint density at radius 1 is 0.765 bits per heavy atom. The number of benzene rings is 1. The molecular weight excluding hydrogens is 345 g/mol. The highest BCUT2D eigenvalue weighted by molar-refractivity contribution is 6.58. The average Bonchev–Trinajstić information content (AvgIpc) is 2.22. The van der Waals surface area contributed by atoms with E-state index in [-0.39, 0.29) is 25.1 Å². The first kappa shape index (κ1) is 15.4. The lowest BCUT2D eigenvalue weighted by Gasteiger charge is -2.18. The highest BCUT2D eigenvalue weighted by Gasteiger charge is 2.27. The number of rotatable bonds is 3. The second kappa shape index (κ2) is 5.53. The molecule has 17 heavy (non-hydrogen) atoms. The summed E-state index contributed by atoms with van der Waals surface area (Å²) in [5.41, 5.74) is 0. The average molecular weight is 347 g/mol. The summed E-state index contributed by atoms with van der Waals surface area (Å²) in [4.78, 5) is 0. The first-order valence-corrected chi connectivity index (χ1v) is 5.89. The smallest absolute Gasteiger partial charge is 0.515 e. The Morgan fingerprint density at radius 2 is 1.12 bits per heavy atom. The van der Waals surface area contributed by atoms with Crippen LogP contribution in [0.2, 0.25) is 25.1 Å². The summed E-state index contributed by atoms with van der Waals surface area (Å²) in [6.45, 7) is -6.65. The third kappa shape index (κ3) is 3.64. The predicted octanol–water partition coefficient (Wildman–Crippen LogP) is 5.72. The molecule has 0 amide bonds. The molecule has 0 aliphatic carbocycles. The van der Waals surface area contributed by atoms with Gasteiger partial charge < -0.3 is 17.7 Å². The van der Waals surface area contributed by atoms with Crippen molar-refractivity contribution in [1.29, 1.82) is 0 Å². The Bertz CT molecular complexity index is 421. The van der Waals surface area contributed by atoms with E-state index < -0.39 is 19.2 Å². The molecule has 0 heterocycles. The maximum Gasteiger partial charge on any atom is 0.515 e. The second-order valence-corrected chi connectivity index (χ2v) is 4.81. The zero-order valence-corrected chi connectivity index (χ0v) is 11.5. The molecule has 0 fully saturated rings. The minimum absolute atomic E-state index is 0.145. The Balaban J connectivity index is 3.16. The van der Waals surface area contributed by atoms with Gasteiger partial charge in [0.05, 0.1) is 21.6 Å². The van der Waals surface area contributed by atoms with E-state index in [0.29, 0.717) is 0 Å². The summed E-state index contributed by atoms with van der Waals surface area (Å²) in [5.74, 6) is -0.438. The van der Waals surface area contributed by atoms with Gasteiger partial charge >= 0.3 is 6.98 Å². The SMILES string of the molecule is F[B-](F)(F)COc1c(Cl)c(Cl)c(Cl)c(Cl)c1Cl. The van der Waals surface area contributed by atoms with E-state index in [4.69, 9.17) is 58.0 Å². The zero-order chi connectivity index (χ0) is 13.4. The second-order valence-electron chi connectivity index (χ2n) is 2.92. The molecule has 10 heteroatoms. The molecule has 0 saturated heterocycles. The van der Waals surface area contributed by atoms with Gasteiger partial charge in [0.25, 0.3) is 0 Å². The quantitative estimate of drug-likeness (QED) is 0.386. The van der Waals surface area contributed by atoms with E-state index in [2.05, 4.69) is 4.74 Å². The Kier molecular flexibility index (Phi) is 5.01. The molecule has 0 atom stereocenters. The van der Waals surface area contributed by atoms with E-state index in [1.807, 2.05) is 0 Å². The molecule has 0 aliphatic rings. The van der Waals surface area contributed by atoms with Gasteiger partial charge in [0.15, 0.2) is 5.75 Å².